The summed E-state index contributed by atoms with van der Waals surface area (Å²) in [5, 5.41) is 26.8. The molecule has 0 fully saturated rings. The highest BCUT2D eigenvalue weighted by molar-refractivity contribution is 5.91. The molecule has 0 spiro atoms. The van der Waals surface area contributed by atoms with Crippen LogP contribution in [0.1, 0.15) is 169 Å². The third kappa shape index (κ3) is 16.0. The van der Waals surface area contributed by atoms with Gasteiger partial charge >= 0.3 is 17.9 Å². The van der Waals surface area contributed by atoms with Crippen LogP contribution < -0.4 is 14.4 Å². The molecule has 5 rings (SSSR count). The van der Waals surface area contributed by atoms with Gasteiger partial charge in [-0.1, -0.05) is 106 Å². The van der Waals surface area contributed by atoms with Crippen molar-refractivity contribution in [3.8, 4) is 34.8 Å². The van der Waals surface area contributed by atoms with Crippen molar-refractivity contribution in [1.82, 2.24) is 0 Å². The predicted molar refractivity (Wildman–Crippen MR) is 319 cm³/mol. The van der Waals surface area contributed by atoms with Crippen LogP contribution in [-0.2, 0) is 19.1 Å². The summed E-state index contributed by atoms with van der Waals surface area (Å²) in [5.41, 5.74) is 2.35. The largest absolute Gasteiger partial charge is 0.494 e. The highest BCUT2D eigenvalue weighted by atomic mass is 16.5. The Morgan fingerprint density at radius 2 is 1.01 bits per heavy atom. The monoisotopic (exact) mass is 1090 g/mol. The number of azo groups is 1. The second-order valence-electron chi connectivity index (χ2n) is 23.9. The molecule has 0 saturated carbocycles. The van der Waals surface area contributed by atoms with Crippen molar-refractivity contribution in [2.24, 2.45) is 42.7 Å². The number of likely N-dealkylation sites (N-methyl/N-ethyl adjacent to an activating group) is 1. The maximum Gasteiger partial charge on any atom is 0.343 e. The Kier molecular flexibility index (Phi) is 22.4. The highest BCUT2D eigenvalue weighted by Gasteiger charge is 2.61. The summed E-state index contributed by atoms with van der Waals surface area (Å²) in [7, 11) is 0. The lowest BCUT2D eigenvalue weighted by atomic mass is 9.45. The summed E-state index contributed by atoms with van der Waals surface area (Å²) in [6, 6.07) is 40.5. The van der Waals surface area contributed by atoms with E-state index in [1.54, 1.807) is 72.8 Å². The number of nitrogens with zero attached hydrogens (tertiary/aromatic N) is 5. The normalized spacial score (nSPS) is 14.1. The van der Waals surface area contributed by atoms with Gasteiger partial charge in [0.1, 0.15) is 18.1 Å². The molecule has 0 bridgehead atoms. The van der Waals surface area contributed by atoms with Gasteiger partial charge in [0.2, 0.25) is 0 Å². The first-order valence-electron chi connectivity index (χ1n) is 28.6. The van der Waals surface area contributed by atoms with Gasteiger partial charge in [0, 0.05) is 12.2 Å². The van der Waals surface area contributed by atoms with E-state index in [0.29, 0.717) is 78.7 Å². The Balaban J connectivity index is 1.14. The fraction of sp³-hybridized carbons (Fsp3) is 0.485. The van der Waals surface area contributed by atoms with Crippen LogP contribution in [0.5, 0.6) is 11.5 Å². The van der Waals surface area contributed by atoms with Crippen LogP contribution in [0.25, 0.3) is 11.1 Å². The molecular weight excluding hydrogens is 999 g/mol. The predicted octanol–water partition coefficient (Wildman–Crippen LogP) is 17.4. The first-order chi connectivity index (χ1) is 37.9. The Bertz CT molecular complexity index is 2920. The average molecular weight is 1090 g/mol. The van der Waals surface area contributed by atoms with E-state index < -0.39 is 33.0 Å². The number of unbranched alkanes of at least 4 members (excludes halogenated alkanes) is 3. The van der Waals surface area contributed by atoms with Gasteiger partial charge in [-0.3, -0.25) is 9.59 Å². The Morgan fingerprint density at radius 3 is 1.52 bits per heavy atom. The first kappa shape index (κ1) is 63.5. The molecule has 0 aromatic heterocycles. The third-order valence-corrected chi connectivity index (χ3v) is 18.0. The maximum absolute atomic E-state index is 14.8. The number of hydrogen-bond acceptors (Lipinski definition) is 12. The number of ether oxygens (including phenoxy) is 4. The minimum Gasteiger partial charge on any atom is -0.494 e. The second-order valence-corrected chi connectivity index (χ2v) is 23.9. The van der Waals surface area contributed by atoms with Crippen LogP contribution in [-0.4, -0.2) is 50.8 Å². The number of benzene rings is 5. The van der Waals surface area contributed by atoms with Crippen LogP contribution in [0.2, 0.25) is 0 Å². The quantitative estimate of drug-likeness (QED) is 0.0187. The smallest absolute Gasteiger partial charge is 0.343 e. The highest BCUT2D eigenvalue weighted by Crippen LogP contribution is 2.63. The van der Waals surface area contributed by atoms with Crippen molar-refractivity contribution in [3.05, 3.63) is 138 Å². The van der Waals surface area contributed by atoms with E-state index in [4.69, 9.17) is 29.5 Å². The van der Waals surface area contributed by atoms with Crippen LogP contribution in [0.3, 0.4) is 0 Å². The summed E-state index contributed by atoms with van der Waals surface area (Å²) in [6.07, 6.45) is 6.84. The first-order valence-corrected chi connectivity index (χ1v) is 28.6. The number of rotatable bonds is 30. The number of esters is 3. The summed E-state index contributed by atoms with van der Waals surface area (Å²) in [6.45, 7) is 30.5. The van der Waals surface area contributed by atoms with Gasteiger partial charge in [-0.15, -0.1) is 0 Å². The molecule has 3 unspecified atom stereocenters. The van der Waals surface area contributed by atoms with Gasteiger partial charge in [0.05, 0.1) is 70.8 Å². The van der Waals surface area contributed by atoms with Crippen molar-refractivity contribution < 1.29 is 33.3 Å². The summed E-state index contributed by atoms with van der Waals surface area (Å²) in [4.78, 5) is 44.7. The van der Waals surface area contributed by atoms with Gasteiger partial charge in [-0.25, -0.2) is 4.79 Å². The molecule has 0 heterocycles. The van der Waals surface area contributed by atoms with E-state index in [1.807, 2.05) is 48.5 Å². The molecule has 5 aromatic carbocycles. The van der Waals surface area contributed by atoms with Crippen molar-refractivity contribution in [3.63, 3.8) is 0 Å². The number of carbonyl (C=O) groups is 3. The van der Waals surface area contributed by atoms with Gasteiger partial charge in [-0.2, -0.15) is 20.8 Å². The van der Waals surface area contributed by atoms with Gasteiger partial charge in [0.25, 0.3) is 0 Å². The average Bonchev–Trinajstić information content (AvgIpc) is 3.49. The number of hydrogen-bond donors (Lipinski definition) is 0. The van der Waals surface area contributed by atoms with Gasteiger partial charge < -0.3 is 23.8 Å². The Morgan fingerprint density at radius 1 is 0.525 bits per heavy atom. The van der Waals surface area contributed by atoms with Crippen molar-refractivity contribution in [1.29, 1.82) is 10.5 Å². The Hall–Kier alpha value is -7.31. The lowest BCUT2D eigenvalue weighted by molar-refractivity contribution is -0.184. The standard InChI is InChI=1S/C68H87N5O7/c1-14-63(5,6)48-68(13,62(76)78-44-21-19-18-20-43-77-58-38-30-54(31-39-58)60(74)80-59-40-28-53(29-41-59)52-26-22-50(46-69)23-27-52)65(9,10)66(11,16-3)49-67(12,64(7,8)15-2)61(75)79-45-42-73(17-4)57-36-34-56(35-37-57)72-71-55-32-24-51(47-70)25-33-55/h22-41H,14-21,42-45,48-49H2,1-13H3/b72-71+. The fourth-order valence-electron chi connectivity index (χ4n) is 10.5. The molecule has 0 N–H and O–H groups in total. The third-order valence-electron chi connectivity index (χ3n) is 18.0. The molecule has 0 saturated heterocycles. The number of anilines is 1. The number of nitriles is 2. The minimum absolute atomic E-state index is 0.154. The molecule has 0 aliphatic heterocycles. The molecule has 5 aromatic rings. The molecule has 426 valence electrons. The summed E-state index contributed by atoms with van der Waals surface area (Å²) >= 11 is 0. The van der Waals surface area contributed by atoms with Crippen molar-refractivity contribution >= 4 is 35.0 Å². The SMILES string of the molecule is CCN(CCOC(=O)C(C)(CC(C)(CC)C(C)(C)C(C)(CC(C)(C)CC)C(=O)OCCCCCCOc1ccc(C(=O)Oc2ccc(-c3ccc(C#N)cc3)cc2)cc1)C(C)(C)CC)c1ccc(/N=N/c2ccc(C#N)cc2)cc1. The molecule has 0 radical (unpaired) electrons. The molecular formula is C68H87N5O7. The zero-order valence-electron chi connectivity index (χ0n) is 50.0. The maximum atomic E-state index is 14.8. The van der Waals surface area contributed by atoms with E-state index in [2.05, 4.69) is 117 Å². The summed E-state index contributed by atoms with van der Waals surface area (Å²) < 4.78 is 24.3. The topological polar surface area (TPSA) is 164 Å². The van der Waals surface area contributed by atoms with Crippen LogP contribution in [0, 0.1) is 55.2 Å². The molecule has 0 amide bonds. The molecule has 0 aliphatic carbocycles. The zero-order chi connectivity index (χ0) is 58.8. The van der Waals surface area contributed by atoms with Gasteiger partial charge in [-0.05, 0) is 196 Å². The molecule has 3 atom stereocenters. The minimum atomic E-state index is -0.889. The zero-order valence-corrected chi connectivity index (χ0v) is 50.0. The van der Waals surface area contributed by atoms with Crippen molar-refractivity contribution in [2.45, 2.75) is 148 Å². The van der Waals surface area contributed by atoms with E-state index in [0.717, 1.165) is 61.8 Å². The van der Waals surface area contributed by atoms with E-state index in [1.165, 1.54) is 0 Å². The van der Waals surface area contributed by atoms with E-state index in [9.17, 15) is 14.4 Å². The molecule has 12 nitrogen and oxygen atoms in total. The number of carbonyl (C=O) groups excluding carboxylic acids is 3. The van der Waals surface area contributed by atoms with Crippen LogP contribution >= 0.6 is 0 Å². The van der Waals surface area contributed by atoms with Crippen LogP contribution in [0.4, 0.5) is 17.1 Å². The molecule has 12 heteroatoms. The van der Waals surface area contributed by atoms with Gasteiger partial charge in [0.15, 0.2) is 0 Å². The van der Waals surface area contributed by atoms with Crippen LogP contribution in [0.15, 0.2) is 132 Å². The summed E-state index contributed by atoms with van der Waals surface area (Å²) in [5.74, 6) is 0.206. The van der Waals surface area contributed by atoms with E-state index >= 15 is 0 Å². The second kappa shape index (κ2) is 28.2. The molecule has 0 aliphatic rings. The fourth-order valence-corrected chi connectivity index (χ4v) is 10.5. The van der Waals surface area contributed by atoms with Crippen molar-refractivity contribution in [2.75, 3.05) is 37.8 Å². The molecule has 80 heavy (non-hydrogen) atoms. The lowest BCUT2D eigenvalue weighted by Gasteiger charge is -2.58. The van der Waals surface area contributed by atoms with E-state index in [-0.39, 0.29) is 24.0 Å². The lowest BCUT2D eigenvalue weighted by Crippen LogP contribution is -2.57. The Labute approximate surface area is 477 Å².